The summed E-state index contributed by atoms with van der Waals surface area (Å²) in [6.07, 6.45) is 1.95. The zero-order chi connectivity index (χ0) is 32.9. The Morgan fingerprint density at radius 3 is 1.98 bits per heavy atom. The average molecular weight is 628 g/mol. The number of nitrogens with zero attached hydrogens (tertiary/aromatic N) is 1. The van der Waals surface area contributed by atoms with Gasteiger partial charge in [-0.15, -0.1) is 0 Å². The van der Waals surface area contributed by atoms with Crippen molar-refractivity contribution in [2.24, 2.45) is 0 Å². The van der Waals surface area contributed by atoms with Gasteiger partial charge in [0.05, 0.1) is 0 Å². The third kappa shape index (κ3) is 4.12. The Morgan fingerprint density at radius 1 is 0.449 bits per heavy atom. The molecular formula is C48H37N. The van der Waals surface area contributed by atoms with E-state index in [1.807, 2.05) is 0 Å². The quantitative estimate of drug-likeness (QED) is 0.188. The van der Waals surface area contributed by atoms with Crippen LogP contribution in [0, 0.1) is 0 Å². The van der Waals surface area contributed by atoms with Crippen molar-refractivity contribution in [1.29, 1.82) is 0 Å². The zero-order valence-electron chi connectivity index (χ0n) is 28.2. The number of hydrogen-bond donors (Lipinski definition) is 0. The van der Waals surface area contributed by atoms with Crippen LogP contribution in [0.3, 0.4) is 0 Å². The molecule has 1 heteroatoms. The van der Waals surface area contributed by atoms with Gasteiger partial charge in [-0.3, -0.25) is 0 Å². The van der Waals surface area contributed by atoms with E-state index in [1.165, 1.54) is 100 Å². The second-order valence-electron chi connectivity index (χ2n) is 14.5. The van der Waals surface area contributed by atoms with Gasteiger partial charge in [0.25, 0.3) is 0 Å². The van der Waals surface area contributed by atoms with Crippen LogP contribution in [-0.2, 0) is 18.3 Å². The van der Waals surface area contributed by atoms with Crippen LogP contribution in [0.4, 0.5) is 11.4 Å². The number of fused-ring (bicyclic) bond motifs is 9. The van der Waals surface area contributed by atoms with Gasteiger partial charge in [0.1, 0.15) is 0 Å². The van der Waals surface area contributed by atoms with E-state index in [0.717, 1.165) is 12.8 Å². The van der Waals surface area contributed by atoms with E-state index >= 15 is 0 Å². The highest BCUT2D eigenvalue weighted by molar-refractivity contribution is 5.95. The fourth-order valence-corrected chi connectivity index (χ4v) is 9.12. The van der Waals surface area contributed by atoms with Crippen LogP contribution in [0.25, 0.3) is 55.6 Å². The number of hydrogen-bond acceptors (Lipinski definition) is 1. The van der Waals surface area contributed by atoms with Gasteiger partial charge < -0.3 is 4.90 Å². The largest absolute Gasteiger partial charge is 0.344 e. The Bertz CT molecular complexity index is 2500. The summed E-state index contributed by atoms with van der Waals surface area (Å²) in [6, 6.07) is 54.6. The molecule has 0 aromatic heterocycles. The summed E-state index contributed by atoms with van der Waals surface area (Å²) in [4.78, 5) is 2.37. The lowest BCUT2D eigenvalue weighted by Gasteiger charge is -2.24. The first-order chi connectivity index (χ1) is 24.0. The minimum atomic E-state index is 0.00811. The molecule has 7 aromatic rings. The monoisotopic (exact) mass is 627 g/mol. The SMILES string of the molecule is CN(c1ccc2c(c1)Cc1cccc(-c3cccc4c3Cc3ccccc3-4)c1-2)c1ccccc1-c1ccc2c(c1)-c1ccccc1C2(C)C. The van der Waals surface area contributed by atoms with Crippen LogP contribution >= 0.6 is 0 Å². The van der Waals surface area contributed by atoms with Crippen molar-refractivity contribution in [3.63, 3.8) is 0 Å². The van der Waals surface area contributed by atoms with Crippen LogP contribution < -0.4 is 4.90 Å². The first kappa shape index (κ1) is 28.4. The minimum Gasteiger partial charge on any atom is -0.344 e. The summed E-state index contributed by atoms with van der Waals surface area (Å²) >= 11 is 0. The molecule has 49 heavy (non-hydrogen) atoms. The lowest BCUT2D eigenvalue weighted by atomic mass is 9.82. The van der Waals surface area contributed by atoms with Crippen molar-refractivity contribution < 1.29 is 0 Å². The molecule has 0 radical (unpaired) electrons. The van der Waals surface area contributed by atoms with E-state index in [2.05, 4.69) is 171 Å². The molecule has 234 valence electrons. The molecule has 0 fully saturated rings. The molecule has 3 aliphatic carbocycles. The van der Waals surface area contributed by atoms with Crippen molar-refractivity contribution in [2.45, 2.75) is 32.1 Å². The van der Waals surface area contributed by atoms with Crippen molar-refractivity contribution >= 4 is 11.4 Å². The van der Waals surface area contributed by atoms with Gasteiger partial charge in [-0.1, -0.05) is 135 Å². The van der Waals surface area contributed by atoms with E-state index in [1.54, 1.807) is 0 Å². The molecule has 0 spiro atoms. The van der Waals surface area contributed by atoms with E-state index in [-0.39, 0.29) is 5.41 Å². The molecule has 10 rings (SSSR count). The maximum Gasteiger partial charge on any atom is 0.0487 e. The minimum absolute atomic E-state index is 0.00811. The van der Waals surface area contributed by atoms with Gasteiger partial charge in [-0.2, -0.15) is 0 Å². The molecule has 0 amide bonds. The fraction of sp³-hybridized carbons (Fsp3) is 0.125. The molecule has 0 atom stereocenters. The fourth-order valence-electron chi connectivity index (χ4n) is 9.12. The highest BCUT2D eigenvalue weighted by Gasteiger charge is 2.35. The second kappa shape index (κ2) is 10.4. The maximum absolute atomic E-state index is 2.42. The third-order valence-electron chi connectivity index (χ3n) is 11.6. The van der Waals surface area contributed by atoms with E-state index in [9.17, 15) is 0 Å². The second-order valence-corrected chi connectivity index (χ2v) is 14.5. The predicted molar refractivity (Wildman–Crippen MR) is 206 cm³/mol. The Kier molecular flexibility index (Phi) is 6.03. The summed E-state index contributed by atoms with van der Waals surface area (Å²) in [5, 5.41) is 0. The summed E-state index contributed by atoms with van der Waals surface area (Å²) in [5.74, 6) is 0. The smallest absolute Gasteiger partial charge is 0.0487 e. The first-order valence-electron chi connectivity index (χ1n) is 17.5. The lowest BCUT2D eigenvalue weighted by Crippen LogP contribution is -2.14. The van der Waals surface area contributed by atoms with Gasteiger partial charge in [-0.05, 0) is 121 Å². The topological polar surface area (TPSA) is 3.24 Å². The van der Waals surface area contributed by atoms with E-state index < -0.39 is 0 Å². The van der Waals surface area contributed by atoms with Crippen LogP contribution in [0.5, 0.6) is 0 Å². The highest BCUT2D eigenvalue weighted by Crippen LogP contribution is 2.51. The van der Waals surface area contributed by atoms with Crippen molar-refractivity contribution in [3.05, 3.63) is 179 Å². The number of benzene rings is 7. The van der Waals surface area contributed by atoms with Gasteiger partial charge in [0.2, 0.25) is 0 Å². The lowest BCUT2D eigenvalue weighted by molar-refractivity contribution is 0.660. The molecule has 0 saturated carbocycles. The summed E-state index contributed by atoms with van der Waals surface area (Å²) in [7, 11) is 2.21. The third-order valence-corrected chi connectivity index (χ3v) is 11.6. The average Bonchev–Trinajstić information content (AvgIpc) is 3.79. The van der Waals surface area contributed by atoms with E-state index in [4.69, 9.17) is 0 Å². The van der Waals surface area contributed by atoms with Crippen LogP contribution in [0.15, 0.2) is 146 Å². The molecule has 7 aromatic carbocycles. The van der Waals surface area contributed by atoms with Crippen LogP contribution in [-0.4, -0.2) is 7.05 Å². The van der Waals surface area contributed by atoms with Gasteiger partial charge in [-0.25, -0.2) is 0 Å². The van der Waals surface area contributed by atoms with Gasteiger partial charge in [0.15, 0.2) is 0 Å². The Morgan fingerprint density at radius 2 is 1.10 bits per heavy atom. The summed E-state index contributed by atoms with van der Waals surface area (Å²) in [5.41, 5.74) is 24.4. The molecule has 3 aliphatic rings. The molecule has 0 unspecified atom stereocenters. The number of anilines is 2. The molecule has 0 aliphatic heterocycles. The van der Waals surface area contributed by atoms with Crippen molar-refractivity contribution in [3.8, 4) is 55.6 Å². The Labute approximate surface area is 289 Å². The molecule has 0 saturated heterocycles. The molecule has 0 N–H and O–H groups in total. The number of rotatable bonds is 4. The molecule has 0 bridgehead atoms. The van der Waals surface area contributed by atoms with Crippen LogP contribution in [0.2, 0.25) is 0 Å². The van der Waals surface area contributed by atoms with Gasteiger partial charge in [0, 0.05) is 29.4 Å². The first-order valence-corrected chi connectivity index (χ1v) is 17.5. The molecule has 0 heterocycles. The van der Waals surface area contributed by atoms with Crippen molar-refractivity contribution in [2.75, 3.05) is 11.9 Å². The molecular weight excluding hydrogens is 591 g/mol. The predicted octanol–water partition coefficient (Wildman–Crippen LogP) is 12.2. The number of para-hydroxylation sites is 1. The van der Waals surface area contributed by atoms with Crippen LogP contribution in [0.1, 0.15) is 47.2 Å². The standard InChI is InChI=1S/C48H37N/c1-48(2)44-20-8-6-16-40(44)43-29-31(22-25-45(43)48)36-15-7-9-21-46(36)49(3)34-23-24-37-33(27-34)26-32-13-10-19-41(47(32)37)39-18-11-17-38-35-14-5-4-12-30(35)28-42(38)39/h4-25,27,29H,26,28H2,1-3H3. The Balaban J connectivity index is 1.02. The zero-order valence-corrected chi connectivity index (χ0v) is 28.2. The highest BCUT2D eigenvalue weighted by atomic mass is 15.1. The van der Waals surface area contributed by atoms with E-state index in [0.29, 0.717) is 0 Å². The van der Waals surface area contributed by atoms with Gasteiger partial charge >= 0.3 is 0 Å². The Hall–Kier alpha value is -5.66. The summed E-state index contributed by atoms with van der Waals surface area (Å²) < 4.78 is 0. The van der Waals surface area contributed by atoms with Crippen molar-refractivity contribution in [1.82, 2.24) is 0 Å². The summed E-state index contributed by atoms with van der Waals surface area (Å²) in [6.45, 7) is 4.69. The normalized spacial score (nSPS) is 14.0. The molecule has 1 nitrogen and oxygen atoms in total. The maximum atomic E-state index is 2.42.